The summed E-state index contributed by atoms with van der Waals surface area (Å²) in [6.07, 6.45) is 0.638. The molecule has 0 saturated carbocycles. The van der Waals surface area contributed by atoms with Crippen LogP contribution in [0.2, 0.25) is 0 Å². The highest BCUT2D eigenvalue weighted by molar-refractivity contribution is 5.49. The number of aliphatic hydroxyl groups excluding tert-OH is 1. The van der Waals surface area contributed by atoms with Crippen LogP contribution in [0.3, 0.4) is 0 Å². The molecular weight excluding hydrogens is 568 g/mol. The van der Waals surface area contributed by atoms with Crippen LogP contribution in [0.5, 0.6) is 17.2 Å². The van der Waals surface area contributed by atoms with Gasteiger partial charge in [0.05, 0.1) is 17.6 Å². The smallest absolute Gasteiger partial charge is 0.311 e. The molecule has 0 bridgehead atoms. The third-order valence-corrected chi connectivity index (χ3v) is 7.94. The Morgan fingerprint density at radius 2 is 1.24 bits per heavy atom. The van der Waals surface area contributed by atoms with Crippen molar-refractivity contribution in [2.24, 2.45) is 0 Å². The number of phenols is 2. The van der Waals surface area contributed by atoms with E-state index in [-0.39, 0.29) is 42.1 Å². The van der Waals surface area contributed by atoms with Gasteiger partial charge in [0.15, 0.2) is 5.75 Å². The van der Waals surface area contributed by atoms with E-state index < -0.39 is 11.0 Å². The number of nitro benzene ring substituents is 1. The van der Waals surface area contributed by atoms with Gasteiger partial charge in [-0.2, -0.15) is 0 Å². The second kappa shape index (κ2) is 15.0. The van der Waals surface area contributed by atoms with Crippen LogP contribution in [-0.4, -0.2) is 38.3 Å². The summed E-state index contributed by atoms with van der Waals surface area (Å²) in [5, 5.41) is 42.7. The van der Waals surface area contributed by atoms with Crippen molar-refractivity contribution >= 4 is 5.69 Å². The summed E-state index contributed by atoms with van der Waals surface area (Å²) in [7, 11) is 0. The monoisotopic (exact) mass is 604 g/mol. The number of benzene rings is 5. The molecule has 1 atom stereocenters. The van der Waals surface area contributed by atoms with Gasteiger partial charge in [0.1, 0.15) is 18.1 Å². The van der Waals surface area contributed by atoms with Crippen LogP contribution < -0.4 is 4.74 Å². The first kappa shape index (κ1) is 31.3. The first-order chi connectivity index (χ1) is 21.9. The fourth-order valence-corrected chi connectivity index (χ4v) is 5.57. The third kappa shape index (κ3) is 8.26. The molecule has 0 aliphatic heterocycles. The van der Waals surface area contributed by atoms with E-state index in [1.165, 1.54) is 6.07 Å². The molecule has 0 fully saturated rings. The number of aliphatic hydroxyl groups is 1. The molecule has 0 unspecified atom stereocenters. The van der Waals surface area contributed by atoms with Gasteiger partial charge in [-0.3, -0.25) is 15.0 Å². The number of aromatic hydroxyl groups is 2. The number of rotatable bonds is 14. The van der Waals surface area contributed by atoms with Gasteiger partial charge in [0, 0.05) is 25.1 Å². The molecule has 0 heterocycles. The molecule has 5 rings (SSSR count). The SMILES string of the molecule is O=[N+]([O-])c1cc([C@H](CO)N(CCC(c2ccc(O)cc2)c2ccc(O)cc2)Cc2ccccc2)ccc1OCc1ccccc1. The molecule has 8 nitrogen and oxygen atoms in total. The molecule has 0 aliphatic carbocycles. The number of hydrogen-bond acceptors (Lipinski definition) is 7. The quantitative estimate of drug-likeness (QED) is 0.0897. The Balaban J connectivity index is 1.45. The number of ether oxygens (including phenoxy) is 1. The van der Waals surface area contributed by atoms with Crippen molar-refractivity contribution in [2.75, 3.05) is 13.2 Å². The Hall–Kier alpha value is -5.18. The summed E-state index contributed by atoms with van der Waals surface area (Å²) in [5.74, 6) is 0.435. The van der Waals surface area contributed by atoms with Gasteiger partial charge in [-0.05, 0) is 64.6 Å². The summed E-state index contributed by atoms with van der Waals surface area (Å²) >= 11 is 0. The molecule has 0 aromatic heterocycles. The van der Waals surface area contributed by atoms with Gasteiger partial charge in [0.25, 0.3) is 0 Å². The largest absolute Gasteiger partial charge is 0.508 e. The summed E-state index contributed by atoms with van der Waals surface area (Å²) in [6, 6.07) is 37.9. The van der Waals surface area contributed by atoms with Gasteiger partial charge in [0.2, 0.25) is 0 Å². The Bertz CT molecular complexity index is 1620. The number of phenolic OH excluding ortho intramolecular Hbond substituents is 2. The van der Waals surface area contributed by atoms with Crippen molar-refractivity contribution in [2.45, 2.75) is 31.5 Å². The van der Waals surface area contributed by atoms with E-state index in [4.69, 9.17) is 4.74 Å². The van der Waals surface area contributed by atoms with Crippen molar-refractivity contribution in [1.29, 1.82) is 0 Å². The molecule has 5 aromatic carbocycles. The van der Waals surface area contributed by atoms with Crippen LogP contribution in [0, 0.1) is 10.1 Å². The molecule has 8 heteroatoms. The Labute approximate surface area is 262 Å². The lowest BCUT2D eigenvalue weighted by atomic mass is 9.88. The van der Waals surface area contributed by atoms with Crippen LogP contribution >= 0.6 is 0 Å². The summed E-state index contributed by atoms with van der Waals surface area (Å²) < 4.78 is 5.85. The highest BCUT2D eigenvalue weighted by Gasteiger charge is 2.26. The molecule has 5 aromatic rings. The highest BCUT2D eigenvalue weighted by atomic mass is 16.6. The molecule has 0 radical (unpaired) electrons. The molecule has 45 heavy (non-hydrogen) atoms. The van der Waals surface area contributed by atoms with E-state index in [9.17, 15) is 25.4 Å². The molecule has 0 amide bonds. The minimum atomic E-state index is -0.535. The summed E-state index contributed by atoms with van der Waals surface area (Å²) in [5.41, 5.74) is 4.38. The van der Waals surface area contributed by atoms with Gasteiger partial charge in [-0.25, -0.2) is 0 Å². The topological polar surface area (TPSA) is 116 Å². The zero-order chi connectivity index (χ0) is 31.6. The maximum atomic E-state index is 12.1. The van der Waals surface area contributed by atoms with Crippen molar-refractivity contribution in [3.05, 3.63) is 165 Å². The van der Waals surface area contributed by atoms with Crippen molar-refractivity contribution in [1.82, 2.24) is 4.90 Å². The predicted octanol–water partition coefficient (Wildman–Crippen LogP) is 7.34. The lowest BCUT2D eigenvalue weighted by molar-refractivity contribution is -0.386. The van der Waals surface area contributed by atoms with Crippen molar-refractivity contribution in [3.63, 3.8) is 0 Å². The number of nitro groups is 1. The minimum Gasteiger partial charge on any atom is -0.508 e. The van der Waals surface area contributed by atoms with Crippen LogP contribution in [0.4, 0.5) is 5.69 Å². The predicted molar refractivity (Wildman–Crippen MR) is 173 cm³/mol. The number of hydrogen-bond donors (Lipinski definition) is 3. The van der Waals surface area contributed by atoms with Crippen molar-refractivity contribution in [3.8, 4) is 17.2 Å². The van der Waals surface area contributed by atoms with Gasteiger partial charge < -0.3 is 20.1 Å². The van der Waals surface area contributed by atoms with Crippen LogP contribution in [0.15, 0.2) is 127 Å². The average molecular weight is 605 g/mol. The minimum absolute atomic E-state index is 0.0769. The number of nitrogens with zero attached hydrogens (tertiary/aromatic N) is 2. The standard InChI is InChI=1S/C37H36N2O6/c40-25-36(31-15-20-37(35(23-31)39(43)44)45-26-28-9-5-2-6-10-28)38(24-27-7-3-1-4-8-27)22-21-34(29-11-16-32(41)17-12-29)30-13-18-33(42)19-14-30/h1-20,23,34,36,40-42H,21-22,24-26H2/t36-/m0/s1. The Kier molecular flexibility index (Phi) is 10.4. The Morgan fingerprint density at radius 3 is 1.78 bits per heavy atom. The summed E-state index contributed by atoms with van der Waals surface area (Å²) in [6.45, 7) is 0.981. The maximum absolute atomic E-state index is 12.1. The highest BCUT2D eigenvalue weighted by Crippen LogP contribution is 2.35. The zero-order valence-corrected chi connectivity index (χ0v) is 24.8. The van der Waals surface area contributed by atoms with E-state index in [1.54, 1.807) is 36.4 Å². The normalized spacial score (nSPS) is 11.9. The molecule has 0 saturated heterocycles. The first-order valence-corrected chi connectivity index (χ1v) is 14.8. The molecule has 230 valence electrons. The molecule has 3 N–H and O–H groups in total. The van der Waals surface area contributed by atoms with Gasteiger partial charge in [-0.1, -0.05) is 91.0 Å². The van der Waals surface area contributed by atoms with E-state index in [0.717, 1.165) is 22.3 Å². The zero-order valence-electron chi connectivity index (χ0n) is 24.8. The van der Waals surface area contributed by atoms with Crippen LogP contribution in [0.25, 0.3) is 0 Å². The van der Waals surface area contributed by atoms with E-state index >= 15 is 0 Å². The van der Waals surface area contributed by atoms with Gasteiger partial charge >= 0.3 is 5.69 Å². The second-order valence-electron chi connectivity index (χ2n) is 10.9. The summed E-state index contributed by atoms with van der Waals surface area (Å²) in [4.78, 5) is 13.8. The van der Waals surface area contributed by atoms with Crippen LogP contribution in [0.1, 0.15) is 46.2 Å². The molecule has 0 aliphatic rings. The molecule has 0 spiro atoms. The fraction of sp³-hybridized carbons (Fsp3) is 0.189. The lowest BCUT2D eigenvalue weighted by Crippen LogP contribution is -2.32. The average Bonchev–Trinajstić information content (AvgIpc) is 3.06. The molecular formula is C37H36N2O6. The van der Waals surface area contributed by atoms with Gasteiger partial charge in [-0.15, -0.1) is 0 Å². The maximum Gasteiger partial charge on any atom is 0.311 e. The third-order valence-electron chi connectivity index (χ3n) is 7.94. The van der Waals surface area contributed by atoms with Crippen LogP contribution in [-0.2, 0) is 13.2 Å². The first-order valence-electron chi connectivity index (χ1n) is 14.8. The van der Waals surface area contributed by atoms with Crippen molar-refractivity contribution < 1.29 is 25.0 Å². The second-order valence-corrected chi connectivity index (χ2v) is 10.9. The van der Waals surface area contributed by atoms with E-state index in [2.05, 4.69) is 4.90 Å². The van der Waals surface area contributed by atoms with E-state index in [0.29, 0.717) is 25.1 Å². The van der Waals surface area contributed by atoms with E-state index in [1.807, 2.05) is 84.9 Å². The fourth-order valence-electron chi connectivity index (χ4n) is 5.57. The lowest BCUT2D eigenvalue weighted by Gasteiger charge is -2.32. The Morgan fingerprint density at radius 1 is 0.711 bits per heavy atom.